The SMILES string of the molecule is COc1ccc2nc(C(=O)NCC(O)CC(C)C)ccc2c1. The van der Waals surface area contributed by atoms with E-state index in [0.717, 1.165) is 16.7 Å². The maximum Gasteiger partial charge on any atom is 0.269 e. The molecular formula is C17H22N2O3. The molecule has 2 aromatic rings. The van der Waals surface area contributed by atoms with E-state index in [2.05, 4.69) is 10.3 Å². The number of hydrogen-bond acceptors (Lipinski definition) is 4. The molecule has 0 aliphatic carbocycles. The summed E-state index contributed by atoms with van der Waals surface area (Å²) in [6.45, 7) is 4.30. The molecule has 1 heterocycles. The number of rotatable bonds is 6. The quantitative estimate of drug-likeness (QED) is 0.859. The van der Waals surface area contributed by atoms with E-state index in [1.54, 1.807) is 13.2 Å². The summed E-state index contributed by atoms with van der Waals surface area (Å²) < 4.78 is 5.16. The van der Waals surface area contributed by atoms with Crippen LogP contribution in [0, 0.1) is 5.92 Å². The zero-order chi connectivity index (χ0) is 16.1. The van der Waals surface area contributed by atoms with Gasteiger partial charge in [-0.2, -0.15) is 0 Å². The molecule has 0 radical (unpaired) electrons. The molecule has 1 atom stereocenters. The number of nitrogens with zero attached hydrogens (tertiary/aromatic N) is 1. The lowest BCUT2D eigenvalue weighted by atomic mass is 10.1. The standard InChI is InChI=1S/C17H22N2O3/c1-11(2)8-13(20)10-18-17(21)16-6-4-12-9-14(22-3)5-7-15(12)19-16/h4-7,9,11,13,20H,8,10H2,1-3H3,(H,18,21). The van der Waals surface area contributed by atoms with Crippen molar-refractivity contribution in [3.63, 3.8) is 0 Å². The van der Waals surface area contributed by atoms with Gasteiger partial charge in [0, 0.05) is 11.9 Å². The topological polar surface area (TPSA) is 71.5 Å². The van der Waals surface area contributed by atoms with E-state index in [4.69, 9.17) is 4.74 Å². The van der Waals surface area contributed by atoms with Crippen molar-refractivity contribution in [3.8, 4) is 5.75 Å². The fourth-order valence-electron chi connectivity index (χ4n) is 2.29. The Labute approximate surface area is 130 Å². The predicted molar refractivity (Wildman–Crippen MR) is 86.1 cm³/mol. The number of hydrogen-bond donors (Lipinski definition) is 2. The Morgan fingerprint density at radius 2 is 2.09 bits per heavy atom. The highest BCUT2D eigenvalue weighted by Gasteiger charge is 2.12. The van der Waals surface area contributed by atoms with Gasteiger partial charge in [-0.3, -0.25) is 4.79 Å². The minimum atomic E-state index is -0.534. The van der Waals surface area contributed by atoms with Gasteiger partial charge in [0.25, 0.3) is 5.91 Å². The Hall–Kier alpha value is -2.14. The summed E-state index contributed by atoms with van der Waals surface area (Å²) in [4.78, 5) is 16.4. The second kappa shape index (κ2) is 7.22. The molecule has 1 aromatic carbocycles. The van der Waals surface area contributed by atoms with Gasteiger partial charge in [0.15, 0.2) is 0 Å². The van der Waals surface area contributed by atoms with Crippen molar-refractivity contribution in [1.82, 2.24) is 10.3 Å². The number of nitrogens with one attached hydrogen (secondary N) is 1. The van der Waals surface area contributed by atoms with Crippen LogP contribution in [0.2, 0.25) is 0 Å². The van der Waals surface area contributed by atoms with E-state index in [0.29, 0.717) is 18.0 Å². The number of carbonyl (C=O) groups is 1. The molecule has 0 spiro atoms. The lowest BCUT2D eigenvalue weighted by Gasteiger charge is -2.13. The molecule has 5 nitrogen and oxygen atoms in total. The van der Waals surface area contributed by atoms with Gasteiger partial charge >= 0.3 is 0 Å². The van der Waals surface area contributed by atoms with Crippen LogP contribution in [-0.4, -0.2) is 35.8 Å². The summed E-state index contributed by atoms with van der Waals surface area (Å²) in [5.41, 5.74) is 1.07. The van der Waals surface area contributed by atoms with E-state index in [1.807, 2.05) is 38.1 Å². The monoisotopic (exact) mass is 302 g/mol. The van der Waals surface area contributed by atoms with E-state index in [1.165, 1.54) is 0 Å². The minimum Gasteiger partial charge on any atom is -0.497 e. The molecule has 2 rings (SSSR count). The number of pyridine rings is 1. The van der Waals surface area contributed by atoms with E-state index in [-0.39, 0.29) is 12.5 Å². The normalized spacial score (nSPS) is 12.4. The Balaban J connectivity index is 2.05. The van der Waals surface area contributed by atoms with Crippen molar-refractivity contribution < 1.29 is 14.6 Å². The van der Waals surface area contributed by atoms with Gasteiger partial charge in [-0.1, -0.05) is 19.9 Å². The fraction of sp³-hybridized carbons (Fsp3) is 0.412. The second-order valence-corrected chi connectivity index (χ2v) is 5.75. The van der Waals surface area contributed by atoms with Crippen LogP contribution >= 0.6 is 0 Å². The molecule has 0 aliphatic heterocycles. The van der Waals surface area contributed by atoms with Crippen molar-refractivity contribution in [2.45, 2.75) is 26.4 Å². The number of aliphatic hydroxyl groups excluding tert-OH is 1. The first-order valence-electron chi connectivity index (χ1n) is 7.40. The van der Waals surface area contributed by atoms with E-state index in [9.17, 15) is 9.90 Å². The zero-order valence-electron chi connectivity index (χ0n) is 13.2. The first kappa shape index (κ1) is 16.2. The molecule has 0 fully saturated rings. The third kappa shape index (κ3) is 4.18. The number of aliphatic hydroxyl groups is 1. The Morgan fingerprint density at radius 1 is 1.32 bits per heavy atom. The first-order chi connectivity index (χ1) is 10.5. The lowest BCUT2D eigenvalue weighted by molar-refractivity contribution is 0.0896. The zero-order valence-corrected chi connectivity index (χ0v) is 13.2. The molecule has 1 amide bonds. The first-order valence-corrected chi connectivity index (χ1v) is 7.40. The van der Waals surface area contributed by atoms with Crippen LogP contribution in [0.1, 0.15) is 30.8 Å². The van der Waals surface area contributed by atoms with Gasteiger partial charge in [-0.25, -0.2) is 4.98 Å². The molecule has 0 saturated heterocycles. The molecular weight excluding hydrogens is 280 g/mol. The highest BCUT2D eigenvalue weighted by Crippen LogP contribution is 2.19. The number of carbonyl (C=O) groups excluding carboxylic acids is 1. The Kier molecular flexibility index (Phi) is 5.33. The average Bonchev–Trinajstić information content (AvgIpc) is 2.50. The summed E-state index contributed by atoms with van der Waals surface area (Å²) in [5, 5.41) is 13.4. The number of ether oxygens (including phenoxy) is 1. The highest BCUT2D eigenvalue weighted by atomic mass is 16.5. The summed E-state index contributed by atoms with van der Waals surface area (Å²) in [6, 6.07) is 9.01. The van der Waals surface area contributed by atoms with Gasteiger partial charge in [-0.15, -0.1) is 0 Å². The number of fused-ring (bicyclic) bond motifs is 1. The molecule has 5 heteroatoms. The van der Waals surface area contributed by atoms with Gasteiger partial charge < -0.3 is 15.2 Å². The maximum absolute atomic E-state index is 12.1. The van der Waals surface area contributed by atoms with E-state index < -0.39 is 6.10 Å². The molecule has 2 N–H and O–H groups in total. The summed E-state index contributed by atoms with van der Waals surface area (Å²) in [7, 11) is 1.61. The largest absolute Gasteiger partial charge is 0.497 e. The fourth-order valence-corrected chi connectivity index (χ4v) is 2.29. The molecule has 0 aliphatic rings. The number of methoxy groups -OCH3 is 1. The maximum atomic E-state index is 12.1. The summed E-state index contributed by atoms with van der Waals surface area (Å²) in [5.74, 6) is 0.865. The molecule has 1 aromatic heterocycles. The molecule has 1 unspecified atom stereocenters. The van der Waals surface area contributed by atoms with Crippen molar-refractivity contribution in [1.29, 1.82) is 0 Å². The summed E-state index contributed by atoms with van der Waals surface area (Å²) in [6.07, 6.45) is 0.124. The van der Waals surface area contributed by atoms with Crippen molar-refractivity contribution in [2.75, 3.05) is 13.7 Å². The molecule has 0 bridgehead atoms. The minimum absolute atomic E-state index is 0.235. The van der Waals surface area contributed by atoms with E-state index >= 15 is 0 Å². The van der Waals surface area contributed by atoms with Crippen LogP contribution in [0.25, 0.3) is 10.9 Å². The van der Waals surface area contributed by atoms with Crippen LogP contribution in [0.5, 0.6) is 5.75 Å². The van der Waals surface area contributed by atoms with Gasteiger partial charge in [-0.05, 0) is 36.6 Å². The summed E-state index contributed by atoms with van der Waals surface area (Å²) >= 11 is 0. The number of aromatic nitrogens is 1. The van der Waals surface area contributed by atoms with Crippen LogP contribution in [-0.2, 0) is 0 Å². The number of benzene rings is 1. The van der Waals surface area contributed by atoms with Crippen LogP contribution in [0.3, 0.4) is 0 Å². The van der Waals surface area contributed by atoms with Crippen LogP contribution in [0.15, 0.2) is 30.3 Å². The second-order valence-electron chi connectivity index (χ2n) is 5.75. The average molecular weight is 302 g/mol. The van der Waals surface area contributed by atoms with Crippen molar-refractivity contribution in [2.24, 2.45) is 5.92 Å². The predicted octanol–water partition coefficient (Wildman–Crippen LogP) is 2.38. The van der Waals surface area contributed by atoms with Crippen molar-refractivity contribution >= 4 is 16.8 Å². The molecule has 118 valence electrons. The van der Waals surface area contributed by atoms with Crippen LogP contribution in [0.4, 0.5) is 0 Å². The highest BCUT2D eigenvalue weighted by molar-refractivity contribution is 5.95. The molecule has 22 heavy (non-hydrogen) atoms. The number of amides is 1. The smallest absolute Gasteiger partial charge is 0.269 e. The van der Waals surface area contributed by atoms with Crippen molar-refractivity contribution in [3.05, 3.63) is 36.0 Å². The Bertz CT molecular complexity index is 655. The third-order valence-electron chi connectivity index (χ3n) is 3.37. The van der Waals surface area contributed by atoms with Gasteiger partial charge in [0.05, 0.1) is 18.7 Å². The van der Waals surface area contributed by atoms with Gasteiger partial charge in [0.1, 0.15) is 11.4 Å². The Morgan fingerprint density at radius 3 is 2.77 bits per heavy atom. The van der Waals surface area contributed by atoms with Gasteiger partial charge in [0.2, 0.25) is 0 Å². The van der Waals surface area contributed by atoms with Crippen LogP contribution < -0.4 is 10.1 Å². The third-order valence-corrected chi connectivity index (χ3v) is 3.37. The lowest BCUT2D eigenvalue weighted by Crippen LogP contribution is -2.33. The molecule has 0 saturated carbocycles.